The van der Waals surface area contributed by atoms with Gasteiger partial charge in [-0.2, -0.15) is 10.2 Å². The fourth-order valence-corrected chi connectivity index (χ4v) is 1.60. The molecule has 0 saturated carbocycles. The largest absolute Gasteiger partial charge is 0.378 e. The first-order valence-electron chi connectivity index (χ1n) is 6.00. The second kappa shape index (κ2) is 5.92. The summed E-state index contributed by atoms with van der Waals surface area (Å²) < 4.78 is 0. The Balaban J connectivity index is 2.16. The molecule has 0 aliphatic rings. The molecule has 0 aliphatic carbocycles. The minimum atomic E-state index is -0.453. The fourth-order valence-electron chi connectivity index (χ4n) is 1.60. The molecule has 0 bridgehead atoms. The van der Waals surface area contributed by atoms with Crippen molar-refractivity contribution in [3.05, 3.63) is 58.6 Å². The van der Waals surface area contributed by atoms with Crippen LogP contribution in [0.4, 0.5) is 22.7 Å². The van der Waals surface area contributed by atoms with Gasteiger partial charge in [-0.05, 0) is 30.3 Å². The van der Waals surface area contributed by atoms with Crippen LogP contribution < -0.4 is 4.90 Å². The molecule has 0 unspecified atom stereocenters. The Morgan fingerprint density at radius 2 is 1.65 bits per heavy atom. The summed E-state index contributed by atoms with van der Waals surface area (Å²) in [5, 5.41) is 18.7. The number of hydrogen-bond acceptors (Lipinski definition) is 5. The molecule has 0 atom stereocenters. The Kier molecular flexibility index (Phi) is 4.05. The smallest absolute Gasteiger partial charge is 0.271 e. The van der Waals surface area contributed by atoms with Gasteiger partial charge >= 0.3 is 0 Å². The highest BCUT2D eigenvalue weighted by molar-refractivity contribution is 5.52. The third-order valence-electron chi connectivity index (χ3n) is 2.69. The van der Waals surface area contributed by atoms with Crippen LogP contribution in [-0.4, -0.2) is 19.0 Å². The van der Waals surface area contributed by atoms with Gasteiger partial charge in [-0.1, -0.05) is 6.07 Å². The van der Waals surface area contributed by atoms with Crippen molar-refractivity contribution in [3.63, 3.8) is 0 Å². The van der Waals surface area contributed by atoms with Crippen LogP contribution >= 0.6 is 0 Å². The average Bonchev–Trinajstić information content (AvgIpc) is 2.46. The first kappa shape index (κ1) is 13.7. The summed E-state index contributed by atoms with van der Waals surface area (Å²) in [5.74, 6) is 0. The Labute approximate surface area is 116 Å². The SMILES string of the molecule is CN(C)c1ccc(/N=N/c2cccc([N+](=O)[O-])c2)cc1. The Morgan fingerprint density at radius 1 is 1.00 bits per heavy atom. The second-order valence-electron chi connectivity index (χ2n) is 4.39. The lowest BCUT2D eigenvalue weighted by molar-refractivity contribution is -0.384. The maximum Gasteiger partial charge on any atom is 0.271 e. The van der Waals surface area contributed by atoms with Crippen LogP contribution in [0.5, 0.6) is 0 Å². The molecule has 2 rings (SSSR count). The van der Waals surface area contributed by atoms with Crippen LogP contribution in [0.15, 0.2) is 58.8 Å². The zero-order valence-electron chi connectivity index (χ0n) is 11.2. The summed E-state index contributed by atoms with van der Waals surface area (Å²) in [4.78, 5) is 12.2. The van der Waals surface area contributed by atoms with Gasteiger partial charge in [0.05, 0.1) is 16.3 Å². The molecule has 102 valence electrons. The second-order valence-corrected chi connectivity index (χ2v) is 4.39. The molecule has 6 heteroatoms. The van der Waals surface area contributed by atoms with Crippen molar-refractivity contribution < 1.29 is 4.92 Å². The number of nitro groups is 1. The number of rotatable bonds is 4. The van der Waals surface area contributed by atoms with Crippen molar-refractivity contribution in [2.45, 2.75) is 0 Å². The Morgan fingerprint density at radius 3 is 2.25 bits per heavy atom. The third kappa shape index (κ3) is 3.38. The van der Waals surface area contributed by atoms with Gasteiger partial charge in [-0.3, -0.25) is 10.1 Å². The summed E-state index contributed by atoms with van der Waals surface area (Å²) in [5.41, 5.74) is 2.22. The molecule has 0 aliphatic heterocycles. The lowest BCUT2D eigenvalue weighted by atomic mass is 10.3. The van der Waals surface area contributed by atoms with E-state index in [0.717, 1.165) is 5.69 Å². The minimum absolute atomic E-state index is 0.00408. The quantitative estimate of drug-likeness (QED) is 0.477. The normalized spacial score (nSPS) is 10.7. The van der Waals surface area contributed by atoms with Crippen LogP contribution in [0.1, 0.15) is 0 Å². The number of anilines is 1. The molecule has 2 aromatic carbocycles. The molecule has 0 amide bonds. The standard InChI is InChI=1S/C14H14N4O2/c1-17(2)13-8-6-11(7-9-13)15-16-12-4-3-5-14(10-12)18(19)20/h3-10H,1-2H3/b16-15+. The van der Waals surface area contributed by atoms with Gasteiger partial charge in [0.25, 0.3) is 5.69 Å². The third-order valence-corrected chi connectivity index (χ3v) is 2.69. The number of non-ortho nitro benzene ring substituents is 1. The molecule has 0 radical (unpaired) electrons. The molecular weight excluding hydrogens is 256 g/mol. The van der Waals surface area contributed by atoms with E-state index in [-0.39, 0.29) is 5.69 Å². The van der Waals surface area contributed by atoms with E-state index in [1.807, 2.05) is 43.3 Å². The summed E-state index contributed by atoms with van der Waals surface area (Å²) in [6.07, 6.45) is 0. The molecule has 20 heavy (non-hydrogen) atoms. The van der Waals surface area contributed by atoms with E-state index in [9.17, 15) is 10.1 Å². The first-order chi connectivity index (χ1) is 9.56. The molecule has 0 N–H and O–H groups in total. The van der Waals surface area contributed by atoms with Crippen molar-refractivity contribution in [1.82, 2.24) is 0 Å². The van der Waals surface area contributed by atoms with E-state index in [4.69, 9.17) is 0 Å². The molecule has 0 fully saturated rings. The molecule has 0 aromatic heterocycles. The van der Waals surface area contributed by atoms with Crippen LogP contribution in [-0.2, 0) is 0 Å². The summed E-state index contributed by atoms with van der Waals surface area (Å²) in [6, 6.07) is 13.6. The summed E-state index contributed by atoms with van der Waals surface area (Å²) >= 11 is 0. The Bertz CT molecular complexity index is 636. The lowest BCUT2D eigenvalue weighted by Crippen LogP contribution is -2.07. The predicted molar refractivity (Wildman–Crippen MR) is 78.0 cm³/mol. The molecule has 2 aromatic rings. The van der Waals surface area contributed by atoms with Crippen LogP contribution in [0, 0.1) is 10.1 Å². The van der Waals surface area contributed by atoms with E-state index in [1.165, 1.54) is 12.1 Å². The molecule has 0 heterocycles. The van der Waals surface area contributed by atoms with Crippen molar-refractivity contribution in [1.29, 1.82) is 0 Å². The van der Waals surface area contributed by atoms with Gasteiger partial charge in [0.1, 0.15) is 0 Å². The Hall–Kier alpha value is -2.76. The highest BCUT2D eigenvalue weighted by Crippen LogP contribution is 2.23. The molecule has 0 spiro atoms. The maximum atomic E-state index is 10.7. The van der Waals surface area contributed by atoms with Crippen LogP contribution in [0.2, 0.25) is 0 Å². The number of nitro benzene ring substituents is 1. The summed E-state index contributed by atoms with van der Waals surface area (Å²) in [7, 11) is 3.92. The fraction of sp³-hybridized carbons (Fsp3) is 0.143. The van der Waals surface area contributed by atoms with E-state index in [0.29, 0.717) is 11.4 Å². The predicted octanol–water partition coefficient (Wildman–Crippen LogP) is 4.08. The van der Waals surface area contributed by atoms with Crippen molar-refractivity contribution >= 4 is 22.7 Å². The van der Waals surface area contributed by atoms with Crippen molar-refractivity contribution in [2.24, 2.45) is 10.2 Å². The number of benzene rings is 2. The first-order valence-corrected chi connectivity index (χ1v) is 6.00. The summed E-state index contributed by atoms with van der Waals surface area (Å²) in [6.45, 7) is 0. The van der Waals surface area contributed by atoms with Crippen LogP contribution in [0.25, 0.3) is 0 Å². The van der Waals surface area contributed by atoms with Gasteiger partial charge in [0.2, 0.25) is 0 Å². The topological polar surface area (TPSA) is 71.1 Å². The highest BCUT2D eigenvalue weighted by atomic mass is 16.6. The molecule has 0 saturated heterocycles. The number of azo groups is 1. The highest BCUT2D eigenvalue weighted by Gasteiger charge is 2.04. The van der Waals surface area contributed by atoms with Gasteiger partial charge in [-0.15, -0.1) is 0 Å². The number of nitrogens with zero attached hydrogens (tertiary/aromatic N) is 4. The van der Waals surface area contributed by atoms with Gasteiger partial charge in [0.15, 0.2) is 0 Å². The van der Waals surface area contributed by atoms with Gasteiger partial charge in [0, 0.05) is 31.9 Å². The average molecular weight is 270 g/mol. The van der Waals surface area contributed by atoms with Crippen molar-refractivity contribution in [3.8, 4) is 0 Å². The minimum Gasteiger partial charge on any atom is -0.378 e. The molecular formula is C14H14N4O2. The zero-order chi connectivity index (χ0) is 14.5. The monoisotopic (exact) mass is 270 g/mol. The van der Waals surface area contributed by atoms with Crippen LogP contribution in [0.3, 0.4) is 0 Å². The van der Waals surface area contributed by atoms with E-state index >= 15 is 0 Å². The lowest BCUT2D eigenvalue weighted by Gasteiger charge is -2.11. The zero-order valence-corrected chi connectivity index (χ0v) is 11.2. The van der Waals surface area contributed by atoms with Gasteiger partial charge in [-0.25, -0.2) is 0 Å². The van der Waals surface area contributed by atoms with Gasteiger partial charge < -0.3 is 4.90 Å². The van der Waals surface area contributed by atoms with E-state index in [1.54, 1.807) is 12.1 Å². The van der Waals surface area contributed by atoms with Crippen molar-refractivity contribution in [2.75, 3.05) is 19.0 Å². The van der Waals surface area contributed by atoms with E-state index < -0.39 is 4.92 Å². The molecule has 6 nitrogen and oxygen atoms in total. The number of hydrogen-bond donors (Lipinski definition) is 0. The van der Waals surface area contributed by atoms with E-state index in [2.05, 4.69) is 10.2 Å². The maximum absolute atomic E-state index is 10.7.